The van der Waals surface area contributed by atoms with Crippen molar-refractivity contribution in [1.82, 2.24) is 10.2 Å². The van der Waals surface area contributed by atoms with Gasteiger partial charge in [-0.05, 0) is 76.0 Å². The van der Waals surface area contributed by atoms with E-state index in [1.165, 1.54) is 58.2 Å². The van der Waals surface area contributed by atoms with Gasteiger partial charge >= 0.3 is 0 Å². The van der Waals surface area contributed by atoms with Gasteiger partial charge in [-0.1, -0.05) is 0 Å². The first-order chi connectivity index (χ1) is 9.16. The van der Waals surface area contributed by atoms with Crippen molar-refractivity contribution in [3.8, 4) is 0 Å². The van der Waals surface area contributed by atoms with Crippen LogP contribution in [0.1, 0.15) is 52.4 Å². The molecule has 1 saturated heterocycles. The molecule has 1 aliphatic heterocycles. The Bertz CT molecular complexity index is 331. The predicted octanol–water partition coefficient (Wildman–Crippen LogP) is 2.89. The molecule has 2 heteroatoms. The Morgan fingerprint density at radius 3 is 2.26 bits per heavy atom. The third-order valence-electron chi connectivity index (χ3n) is 6.33. The molecule has 0 amide bonds. The summed E-state index contributed by atoms with van der Waals surface area (Å²) in [5.74, 6) is 4.20. The van der Waals surface area contributed by atoms with Crippen molar-refractivity contribution in [2.24, 2.45) is 23.7 Å². The molecule has 0 bridgehead atoms. The summed E-state index contributed by atoms with van der Waals surface area (Å²) in [5, 5.41) is 3.86. The van der Waals surface area contributed by atoms with Crippen LogP contribution >= 0.6 is 0 Å². The van der Waals surface area contributed by atoms with Gasteiger partial charge in [0.2, 0.25) is 0 Å². The maximum atomic E-state index is 3.86. The van der Waals surface area contributed by atoms with E-state index in [9.17, 15) is 0 Å². The van der Waals surface area contributed by atoms with Crippen LogP contribution in [0.2, 0.25) is 0 Å². The van der Waals surface area contributed by atoms with Crippen molar-refractivity contribution in [2.75, 3.05) is 19.6 Å². The van der Waals surface area contributed by atoms with E-state index in [0.717, 1.165) is 29.7 Å². The number of hydrogen-bond acceptors (Lipinski definition) is 2. The number of piperazine rings is 1. The van der Waals surface area contributed by atoms with E-state index in [4.69, 9.17) is 0 Å². The predicted molar refractivity (Wildman–Crippen MR) is 79.1 cm³/mol. The minimum Gasteiger partial charge on any atom is -0.308 e. The van der Waals surface area contributed by atoms with E-state index in [1.807, 2.05) is 0 Å². The van der Waals surface area contributed by atoms with Gasteiger partial charge in [-0.3, -0.25) is 4.90 Å². The quantitative estimate of drug-likeness (QED) is 0.819. The SMILES string of the molecule is CC1CNC(C)(C2CC2)CN1CC(C1CC1)C1CC1. The fourth-order valence-electron chi connectivity index (χ4n) is 4.38. The van der Waals surface area contributed by atoms with E-state index >= 15 is 0 Å². The van der Waals surface area contributed by atoms with E-state index in [1.54, 1.807) is 0 Å². The second kappa shape index (κ2) is 4.46. The molecule has 2 atom stereocenters. The molecule has 3 saturated carbocycles. The van der Waals surface area contributed by atoms with E-state index in [2.05, 4.69) is 24.1 Å². The molecule has 108 valence electrons. The lowest BCUT2D eigenvalue weighted by molar-refractivity contribution is 0.0620. The maximum absolute atomic E-state index is 3.86. The molecule has 1 heterocycles. The highest BCUT2D eigenvalue weighted by atomic mass is 15.3. The molecule has 0 aromatic rings. The summed E-state index contributed by atoms with van der Waals surface area (Å²) in [6, 6.07) is 0.742. The summed E-state index contributed by atoms with van der Waals surface area (Å²) in [4.78, 5) is 2.84. The van der Waals surface area contributed by atoms with Crippen LogP contribution < -0.4 is 5.32 Å². The molecular weight excluding hydrogens is 232 g/mol. The molecule has 4 rings (SSSR count). The Hall–Kier alpha value is -0.0800. The average molecular weight is 262 g/mol. The van der Waals surface area contributed by atoms with E-state index < -0.39 is 0 Å². The van der Waals surface area contributed by atoms with Crippen LogP contribution in [-0.2, 0) is 0 Å². The maximum Gasteiger partial charge on any atom is 0.0309 e. The number of rotatable bonds is 5. The van der Waals surface area contributed by atoms with Gasteiger partial charge in [-0.25, -0.2) is 0 Å². The van der Waals surface area contributed by atoms with Gasteiger partial charge in [0.15, 0.2) is 0 Å². The summed E-state index contributed by atoms with van der Waals surface area (Å²) < 4.78 is 0. The van der Waals surface area contributed by atoms with Crippen LogP contribution in [0.3, 0.4) is 0 Å². The van der Waals surface area contributed by atoms with Gasteiger partial charge in [0, 0.05) is 31.2 Å². The highest BCUT2D eigenvalue weighted by molar-refractivity contribution is 5.04. The summed E-state index contributed by atoms with van der Waals surface area (Å²) in [6.45, 7) is 8.81. The summed E-state index contributed by atoms with van der Waals surface area (Å²) in [7, 11) is 0. The zero-order valence-electron chi connectivity index (χ0n) is 12.7. The Labute approximate surface area is 118 Å². The van der Waals surface area contributed by atoms with Crippen molar-refractivity contribution in [3.63, 3.8) is 0 Å². The highest BCUT2D eigenvalue weighted by Gasteiger charge is 2.47. The van der Waals surface area contributed by atoms with Crippen LogP contribution in [0.5, 0.6) is 0 Å². The van der Waals surface area contributed by atoms with Crippen molar-refractivity contribution in [1.29, 1.82) is 0 Å². The van der Waals surface area contributed by atoms with Crippen LogP contribution in [0.25, 0.3) is 0 Å². The third kappa shape index (κ3) is 2.58. The molecule has 0 radical (unpaired) electrons. The Kier molecular flexibility index (Phi) is 2.97. The van der Waals surface area contributed by atoms with E-state index in [0.29, 0.717) is 5.54 Å². The van der Waals surface area contributed by atoms with Crippen LogP contribution in [-0.4, -0.2) is 36.1 Å². The van der Waals surface area contributed by atoms with Gasteiger partial charge in [-0.2, -0.15) is 0 Å². The fraction of sp³-hybridized carbons (Fsp3) is 1.00. The molecule has 19 heavy (non-hydrogen) atoms. The Balaban J connectivity index is 1.42. The molecule has 2 nitrogen and oxygen atoms in total. The lowest BCUT2D eigenvalue weighted by Crippen LogP contribution is -2.63. The smallest absolute Gasteiger partial charge is 0.0309 e. The molecule has 0 aromatic heterocycles. The van der Waals surface area contributed by atoms with Gasteiger partial charge in [-0.15, -0.1) is 0 Å². The molecule has 1 N–H and O–H groups in total. The van der Waals surface area contributed by atoms with Gasteiger partial charge in [0.25, 0.3) is 0 Å². The van der Waals surface area contributed by atoms with E-state index in [-0.39, 0.29) is 0 Å². The molecule has 0 aromatic carbocycles. The molecule has 0 spiro atoms. The first kappa shape index (κ1) is 12.6. The average Bonchev–Trinajstić information content (AvgIpc) is 3.27. The normalized spacial score (nSPS) is 40.9. The third-order valence-corrected chi connectivity index (χ3v) is 6.33. The molecule has 2 unspecified atom stereocenters. The van der Waals surface area contributed by atoms with Gasteiger partial charge in [0.1, 0.15) is 0 Å². The molecular formula is C17H30N2. The molecule has 3 aliphatic carbocycles. The topological polar surface area (TPSA) is 15.3 Å². The fourth-order valence-corrected chi connectivity index (χ4v) is 4.38. The van der Waals surface area contributed by atoms with Crippen molar-refractivity contribution in [3.05, 3.63) is 0 Å². The standard InChI is InChI=1S/C17H30N2/c1-12-9-18-17(2,15-7-8-15)11-19(12)10-16(13-3-4-13)14-5-6-14/h12-16,18H,3-11H2,1-2H3. The highest BCUT2D eigenvalue weighted by Crippen LogP contribution is 2.50. The second-order valence-electron chi connectivity index (χ2n) is 8.19. The minimum absolute atomic E-state index is 0.421. The van der Waals surface area contributed by atoms with Crippen LogP contribution in [0.15, 0.2) is 0 Å². The largest absolute Gasteiger partial charge is 0.308 e. The first-order valence-corrected chi connectivity index (χ1v) is 8.65. The zero-order valence-corrected chi connectivity index (χ0v) is 12.7. The summed E-state index contributed by atoms with van der Waals surface area (Å²) in [6.07, 6.45) is 9.03. The van der Waals surface area contributed by atoms with Gasteiger partial charge in [0.05, 0.1) is 0 Å². The van der Waals surface area contributed by atoms with Gasteiger partial charge < -0.3 is 5.32 Å². The van der Waals surface area contributed by atoms with Crippen molar-refractivity contribution in [2.45, 2.75) is 64.0 Å². The number of nitrogens with zero attached hydrogens (tertiary/aromatic N) is 1. The minimum atomic E-state index is 0.421. The zero-order chi connectivity index (χ0) is 13.0. The monoisotopic (exact) mass is 262 g/mol. The lowest BCUT2D eigenvalue weighted by Gasteiger charge is -2.47. The molecule has 4 aliphatic rings. The van der Waals surface area contributed by atoms with Crippen LogP contribution in [0.4, 0.5) is 0 Å². The summed E-state index contributed by atoms with van der Waals surface area (Å²) >= 11 is 0. The van der Waals surface area contributed by atoms with Crippen LogP contribution in [0, 0.1) is 23.7 Å². The Morgan fingerprint density at radius 2 is 1.74 bits per heavy atom. The molecule has 4 fully saturated rings. The Morgan fingerprint density at radius 1 is 1.11 bits per heavy atom. The van der Waals surface area contributed by atoms with Crippen molar-refractivity contribution >= 4 is 0 Å². The summed E-state index contributed by atoms with van der Waals surface area (Å²) in [5.41, 5.74) is 0.421. The first-order valence-electron chi connectivity index (χ1n) is 8.65. The second-order valence-corrected chi connectivity index (χ2v) is 8.19. The lowest BCUT2D eigenvalue weighted by atomic mass is 9.89. The number of nitrogens with one attached hydrogen (secondary N) is 1. The van der Waals surface area contributed by atoms with Crippen molar-refractivity contribution < 1.29 is 0 Å². The number of hydrogen-bond donors (Lipinski definition) is 1.